The van der Waals surface area contributed by atoms with Crippen molar-refractivity contribution >= 4 is 24.2 Å². The molecule has 27 heavy (non-hydrogen) atoms. The van der Waals surface area contributed by atoms with Gasteiger partial charge in [-0.05, 0) is 25.0 Å². The van der Waals surface area contributed by atoms with Crippen LogP contribution in [0.4, 0.5) is 8.78 Å². The molecule has 1 aromatic carbocycles. The third-order valence-electron chi connectivity index (χ3n) is 5.16. The van der Waals surface area contributed by atoms with Crippen molar-refractivity contribution in [3.8, 4) is 0 Å². The summed E-state index contributed by atoms with van der Waals surface area (Å²) >= 11 is 0. The Labute approximate surface area is 162 Å². The van der Waals surface area contributed by atoms with Crippen molar-refractivity contribution in [1.29, 1.82) is 0 Å². The van der Waals surface area contributed by atoms with Crippen molar-refractivity contribution in [2.24, 2.45) is 11.8 Å². The Morgan fingerprint density at radius 2 is 1.93 bits per heavy atom. The number of amides is 2. The van der Waals surface area contributed by atoms with Crippen LogP contribution in [-0.4, -0.2) is 60.6 Å². The average molecular weight is 404 g/mol. The van der Waals surface area contributed by atoms with Crippen LogP contribution in [0.3, 0.4) is 0 Å². The number of benzene rings is 1. The molecule has 9 heteroatoms. The van der Waals surface area contributed by atoms with Gasteiger partial charge in [-0.25, -0.2) is 8.78 Å². The van der Waals surface area contributed by atoms with Gasteiger partial charge in [0.05, 0.1) is 11.7 Å². The first kappa shape index (κ1) is 21.5. The summed E-state index contributed by atoms with van der Waals surface area (Å²) in [5, 5.41) is 15.7. The minimum atomic E-state index is -0.876. The van der Waals surface area contributed by atoms with Crippen LogP contribution in [0.2, 0.25) is 0 Å². The van der Waals surface area contributed by atoms with Crippen LogP contribution in [0.5, 0.6) is 0 Å². The summed E-state index contributed by atoms with van der Waals surface area (Å²) < 4.78 is 26.7. The number of likely N-dealkylation sites (tertiary alicyclic amines) is 1. The molecule has 150 valence electrons. The van der Waals surface area contributed by atoms with E-state index in [9.17, 15) is 23.5 Å². The topological polar surface area (TPSA) is 81.7 Å². The van der Waals surface area contributed by atoms with E-state index in [-0.39, 0.29) is 35.7 Å². The van der Waals surface area contributed by atoms with Crippen LogP contribution >= 0.6 is 12.4 Å². The average Bonchev–Trinajstić information content (AvgIpc) is 3.04. The number of hydrogen-bond donors (Lipinski definition) is 3. The third kappa shape index (κ3) is 5.15. The Morgan fingerprint density at radius 3 is 2.52 bits per heavy atom. The number of piperidine rings is 1. The highest BCUT2D eigenvalue weighted by Crippen LogP contribution is 2.21. The number of aliphatic hydroxyl groups is 1. The molecule has 2 atom stereocenters. The SMILES string of the molecule is Cl.O=C(NCC1CNCC1O)C1CCN(C(=O)c2ccc(F)cc2F)CC1. The first-order valence-corrected chi connectivity index (χ1v) is 8.86. The summed E-state index contributed by atoms with van der Waals surface area (Å²) in [6.45, 7) is 2.34. The highest BCUT2D eigenvalue weighted by molar-refractivity contribution is 5.94. The fraction of sp³-hybridized carbons (Fsp3) is 0.556. The lowest BCUT2D eigenvalue weighted by Crippen LogP contribution is -2.44. The number of aliphatic hydroxyl groups excluding tert-OH is 1. The van der Waals surface area contributed by atoms with Crippen LogP contribution in [0.25, 0.3) is 0 Å². The zero-order valence-electron chi connectivity index (χ0n) is 14.8. The number of carbonyl (C=O) groups is 2. The molecule has 2 saturated heterocycles. The van der Waals surface area contributed by atoms with Gasteiger partial charge in [0.15, 0.2) is 0 Å². The number of nitrogens with one attached hydrogen (secondary N) is 2. The van der Waals surface area contributed by atoms with Gasteiger partial charge in [-0.3, -0.25) is 9.59 Å². The fourth-order valence-electron chi connectivity index (χ4n) is 3.48. The lowest BCUT2D eigenvalue weighted by Gasteiger charge is -2.31. The number of hydrogen-bond acceptors (Lipinski definition) is 4. The molecule has 0 spiro atoms. The quantitative estimate of drug-likeness (QED) is 0.698. The van der Waals surface area contributed by atoms with E-state index in [0.717, 1.165) is 12.1 Å². The van der Waals surface area contributed by atoms with Crippen molar-refractivity contribution < 1.29 is 23.5 Å². The second-order valence-corrected chi connectivity index (χ2v) is 6.92. The van der Waals surface area contributed by atoms with Crippen LogP contribution in [0.1, 0.15) is 23.2 Å². The van der Waals surface area contributed by atoms with E-state index < -0.39 is 23.6 Å². The van der Waals surface area contributed by atoms with Gasteiger partial charge in [0.1, 0.15) is 11.6 Å². The molecule has 0 aromatic heterocycles. The molecule has 6 nitrogen and oxygen atoms in total. The largest absolute Gasteiger partial charge is 0.391 e. The van der Waals surface area contributed by atoms with Crippen LogP contribution < -0.4 is 10.6 Å². The van der Waals surface area contributed by atoms with E-state index in [0.29, 0.717) is 51.6 Å². The van der Waals surface area contributed by atoms with E-state index in [1.807, 2.05) is 0 Å². The maximum atomic E-state index is 13.8. The van der Waals surface area contributed by atoms with Crippen molar-refractivity contribution in [3.05, 3.63) is 35.4 Å². The Bertz CT molecular complexity index is 684. The van der Waals surface area contributed by atoms with Crippen molar-refractivity contribution in [2.75, 3.05) is 32.7 Å². The molecular weight excluding hydrogens is 380 g/mol. The number of carbonyl (C=O) groups excluding carboxylic acids is 2. The molecule has 2 heterocycles. The molecular formula is C18H24ClF2N3O3. The number of nitrogens with zero attached hydrogens (tertiary/aromatic N) is 1. The molecule has 2 aliphatic heterocycles. The Hall–Kier alpha value is -1.77. The van der Waals surface area contributed by atoms with Gasteiger partial charge in [0, 0.05) is 50.6 Å². The zero-order valence-corrected chi connectivity index (χ0v) is 15.6. The summed E-state index contributed by atoms with van der Waals surface area (Å²) in [6.07, 6.45) is 0.540. The molecule has 2 fully saturated rings. The van der Waals surface area contributed by atoms with E-state index in [4.69, 9.17) is 0 Å². The van der Waals surface area contributed by atoms with Gasteiger partial charge in [-0.2, -0.15) is 0 Å². The summed E-state index contributed by atoms with van der Waals surface area (Å²) in [6, 6.07) is 2.90. The zero-order chi connectivity index (χ0) is 18.7. The number of halogens is 3. The highest BCUT2D eigenvalue weighted by Gasteiger charge is 2.30. The fourth-order valence-corrected chi connectivity index (χ4v) is 3.48. The second-order valence-electron chi connectivity index (χ2n) is 6.92. The molecule has 0 radical (unpaired) electrons. The monoisotopic (exact) mass is 403 g/mol. The summed E-state index contributed by atoms with van der Waals surface area (Å²) in [5.41, 5.74) is -0.156. The normalized spacial score (nSPS) is 23.0. The molecule has 0 bridgehead atoms. The first-order chi connectivity index (χ1) is 12.5. The summed E-state index contributed by atoms with van der Waals surface area (Å²) in [7, 11) is 0. The Morgan fingerprint density at radius 1 is 1.22 bits per heavy atom. The maximum Gasteiger partial charge on any atom is 0.256 e. The highest BCUT2D eigenvalue weighted by atomic mass is 35.5. The van der Waals surface area contributed by atoms with Gasteiger partial charge >= 0.3 is 0 Å². The van der Waals surface area contributed by atoms with Gasteiger partial charge in [-0.1, -0.05) is 0 Å². The Kier molecular flexibility index (Phi) is 7.52. The van der Waals surface area contributed by atoms with Crippen LogP contribution in [0, 0.1) is 23.5 Å². The molecule has 2 amide bonds. The minimum absolute atomic E-state index is 0. The number of β-amino-alcohol motifs (C(OH)–C–C–N with tert-alkyl or cyclic N) is 1. The van der Waals surface area contributed by atoms with Crippen molar-refractivity contribution in [1.82, 2.24) is 15.5 Å². The minimum Gasteiger partial charge on any atom is -0.391 e. The third-order valence-corrected chi connectivity index (χ3v) is 5.16. The maximum absolute atomic E-state index is 13.8. The second kappa shape index (κ2) is 9.43. The smallest absolute Gasteiger partial charge is 0.256 e. The van der Waals surface area contributed by atoms with Gasteiger partial charge in [-0.15, -0.1) is 12.4 Å². The molecule has 2 aliphatic rings. The summed E-state index contributed by atoms with van der Waals surface area (Å²) in [5.74, 6) is -2.35. The van der Waals surface area contributed by atoms with Gasteiger partial charge < -0.3 is 20.6 Å². The molecule has 0 saturated carbocycles. The molecule has 1 aromatic rings. The van der Waals surface area contributed by atoms with Gasteiger partial charge in [0.2, 0.25) is 5.91 Å². The molecule has 3 N–H and O–H groups in total. The molecule has 3 rings (SSSR count). The van der Waals surface area contributed by atoms with E-state index in [1.54, 1.807) is 0 Å². The van der Waals surface area contributed by atoms with E-state index in [2.05, 4.69) is 10.6 Å². The van der Waals surface area contributed by atoms with E-state index in [1.165, 1.54) is 4.90 Å². The van der Waals surface area contributed by atoms with Crippen molar-refractivity contribution in [3.63, 3.8) is 0 Å². The van der Waals surface area contributed by atoms with Crippen molar-refractivity contribution in [2.45, 2.75) is 18.9 Å². The molecule has 2 unspecified atom stereocenters. The van der Waals surface area contributed by atoms with Gasteiger partial charge in [0.25, 0.3) is 5.91 Å². The number of rotatable bonds is 4. The lowest BCUT2D eigenvalue weighted by atomic mass is 9.95. The van der Waals surface area contributed by atoms with E-state index >= 15 is 0 Å². The van der Waals surface area contributed by atoms with Crippen LogP contribution in [-0.2, 0) is 4.79 Å². The predicted molar refractivity (Wildman–Crippen MR) is 97.6 cm³/mol. The lowest BCUT2D eigenvalue weighted by molar-refractivity contribution is -0.126. The van der Waals surface area contributed by atoms with Crippen LogP contribution in [0.15, 0.2) is 18.2 Å². The standard InChI is InChI=1S/C18H23F2N3O3.ClH/c19-13-1-2-14(15(20)7-13)18(26)23-5-3-11(4-6-23)17(25)22-9-12-8-21-10-16(12)24;/h1-2,7,11-12,16,21,24H,3-6,8-10H2,(H,22,25);1H. The predicted octanol–water partition coefficient (Wildman–Crippen LogP) is 0.935. The molecule has 0 aliphatic carbocycles. The Balaban J connectivity index is 0.00000261. The first-order valence-electron chi connectivity index (χ1n) is 8.86. The summed E-state index contributed by atoms with van der Waals surface area (Å²) in [4.78, 5) is 26.1.